The number of nitrogens with one attached hydrogen (secondary N) is 2. The molecule has 1 amide bonds. The number of benzene rings is 1. The van der Waals surface area contributed by atoms with Crippen molar-refractivity contribution in [3.05, 3.63) is 58.0 Å². The summed E-state index contributed by atoms with van der Waals surface area (Å²) in [5, 5.41) is 8.02. The summed E-state index contributed by atoms with van der Waals surface area (Å²) in [6.45, 7) is 1.84. The van der Waals surface area contributed by atoms with Crippen LogP contribution in [0.3, 0.4) is 0 Å². The van der Waals surface area contributed by atoms with Crippen molar-refractivity contribution in [2.24, 2.45) is 4.99 Å². The lowest BCUT2D eigenvalue weighted by molar-refractivity contribution is 0.0957. The smallest absolute Gasteiger partial charge is 0.261 e. The van der Waals surface area contributed by atoms with Crippen molar-refractivity contribution in [1.82, 2.24) is 15.5 Å². The van der Waals surface area contributed by atoms with Gasteiger partial charge in [-0.15, -0.1) is 11.3 Å². The SMILES string of the molecule is CN=C(NCCCNC(=O)c1cccs1)N(C)Cc1cccc(F)c1. The molecule has 0 bridgehead atoms. The third kappa shape index (κ3) is 6.19. The van der Waals surface area contributed by atoms with E-state index < -0.39 is 0 Å². The fourth-order valence-electron chi connectivity index (χ4n) is 2.35. The van der Waals surface area contributed by atoms with Crippen LogP contribution in [0, 0.1) is 5.82 Å². The van der Waals surface area contributed by atoms with Crippen LogP contribution in [-0.4, -0.2) is 44.0 Å². The average molecular weight is 362 g/mol. The van der Waals surface area contributed by atoms with Crippen LogP contribution in [0.2, 0.25) is 0 Å². The molecule has 0 saturated heterocycles. The number of hydrogen-bond acceptors (Lipinski definition) is 3. The molecule has 7 heteroatoms. The zero-order valence-electron chi connectivity index (χ0n) is 14.5. The first-order valence-electron chi connectivity index (χ1n) is 8.08. The molecule has 2 N–H and O–H groups in total. The molecule has 0 atom stereocenters. The Kier molecular flexibility index (Phi) is 7.40. The molecule has 1 heterocycles. The van der Waals surface area contributed by atoms with Gasteiger partial charge in [0.2, 0.25) is 0 Å². The average Bonchev–Trinajstić information content (AvgIpc) is 3.12. The molecule has 5 nitrogen and oxygen atoms in total. The van der Waals surface area contributed by atoms with Crippen molar-refractivity contribution in [2.45, 2.75) is 13.0 Å². The van der Waals surface area contributed by atoms with Gasteiger partial charge in [-0.25, -0.2) is 4.39 Å². The lowest BCUT2D eigenvalue weighted by atomic mass is 10.2. The summed E-state index contributed by atoms with van der Waals surface area (Å²) in [4.78, 5) is 18.7. The van der Waals surface area contributed by atoms with Gasteiger partial charge in [0, 0.05) is 33.7 Å². The maximum Gasteiger partial charge on any atom is 0.261 e. The molecule has 0 saturated carbocycles. The number of carbonyl (C=O) groups excluding carboxylic acids is 1. The van der Waals surface area contributed by atoms with Gasteiger partial charge in [0.15, 0.2) is 5.96 Å². The Morgan fingerprint density at radius 1 is 1.24 bits per heavy atom. The molecule has 1 aromatic heterocycles. The Hall–Kier alpha value is -2.41. The van der Waals surface area contributed by atoms with Gasteiger partial charge in [-0.1, -0.05) is 18.2 Å². The Balaban J connectivity index is 1.70. The third-order valence-electron chi connectivity index (χ3n) is 3.55. The van der Waals surface area contributed by atoms with E-state index in [1.54, 1.807) is 13.1 Å². The highest BCUT2D eigenvalue weighted by Gasteiger charge is 2.08. The molecule has 134 valence electrons. The second kappa shape index (κ2) is 9.78. The topological polar surface area (TPSA) is 56.7 Å². The van der Waals surface area contributed by atoms with Crippen LogP contribution in [0.1, 0.15) is 21.7 Å². The molecule has 0 fully saturated rings. The van der Waals surface area contributed by atoms with Crippen molar-refractivity contribution in [3.8, 4) is 0 Å². The number of carbonyl (C=O) groups is 1. The van der Waals surface area contributed by atoms with Crippen LogP contribution in [-0.2, 0) is 6.54 Å². The van der Waals surface area contributed by atoms with Gasteiger partial charge in [0.05, 0.1) is 4.88 Å². The normalized spacial score (nSPS) is 11.2. The molecule has 2 rings (SSSR count). The van der Waals surface area contributed by atoms with Gasteiger partial charge in [0.25, 0.3) is 5.91 Å². The zero-order chi connectivity index (χ0) is 18.1. The number of guanidine groups is 1. The van der Waals surface area contributed by atoms with E-state index in [9.17, 15) is 9.18 Å². The first kappa shape index (κ1) is 18.9. The molecule has 0 unspecified atom stereocenters. The molecule has 1 aromatic carbocycles. The second-order valence-electron chi connectivity index (χ2n) is 5.55. The lowest BCUT2D eigenvalue weighted by Gasteiger charge is -2.22. The van der Waals surface area contributed by atoms with Gasteiger partial charge in [-0.05, 0) is 35.6 Å². The predicted octanol–water partition coefficient (Wildman–Crippen LogP) is 2.71. The summed E-state index contributed by atoms with van der Waals surface area (Å²) in [7, 11) is 3.61. The monoisotopic (exact) mass is 362 g/mol. The minimum Gasteiger partial charge on any atom is -0.356 e. The van der Waals surface area contributed by atoms with Gasteiger partial charge < -0.3 is 15.5 Å². The largest absolute Gasteiger partial charge is 0.356 e. The summed E-state index contributed by atoms with van der Waals surface area (Å²) >= 11 is 1.43. The standard InChI is InChI=1S/C18H23FN4OS/c1-20-18(23(2)13-14-6-3-7-15(19)12-14)22-10-5-9-21-17(24)16-8-4-11-25-16/h3-4,6-8,11-12H,5,9-10,13H2,1-2H3,(H,20,22)(H,21,24). The number of amides is 1. The predicted molar refractivity (Wildman–Crippen MR) is 100 cm³/mol. The Morgan fingerprint density at radius 2 is 2.04 bits per heavy atom. The van der Waals surface area contributed by atoms with E-state index in [0.717, 1.165) is 22.8 Å². The minimum absolute atomic E-state index is 0.0393. The van der Waals surface area contributed by atoms with Crippen LogP contribution in [0.5, 0.6) is 0 Å². The van der Waals surface area contributed by atoms with Crippen LogP contribution in [0.25, 0.3) is 0 Å². The summed E-state index contributed by atoms with van der Waals surface area (Å²) in [5.41, 5.74) is 0.883. The van der Waals surface area contributed by atoms with Gasteiger partial charge >= 0.3 is 0 Å². The lowest BCUT2D eigenvalue weighted by Crippen LogP contribution is -2.39. The fraction of sp³-hybridized carbons (Fsp3) is 0.333. The summed E-state index contributed by atoms with van der Waals surface area (Å²) in [6.07, 6.45) is 0.782. The molecule has 0 aliphatic rings. The number of aliphatic imine (C=N–C) groups is 1. The van der Waals surface area contributed by atoms with E-state index in [-0.39, 0.29) is 11.7 Å². The Bertz CT molecular complexity index is 703. The molecule has 0 aliphatic carbocycles. The highest BCUT2D eigenvalue weighted by Crippen LogP contribution is 2.08. The van der Waals surface area contributed by atoms with E-state index >= 15 is 0 Å². The zero-order valence-corrected chi connectivity index (χ0v) is 15.3. The molecule has 25 heavy (non-hydrogen) atoms. The summed E-state index contributed by atoms with van der Waals surface area (Å²) in [5.74, 6) is 0.451. The number of rotatable bonds is 7. The molecule has 0 spiro atoms. The number of halogens is 1. The number of thiophene rings is 1. The summed E-state index contributed by atoms with van der Waals surface area (Å²) in [6, 6.07) is 10.2. The maximum atomic E-state index is 13.3. The van der Waals surface area contributed by atoms with E-state index in [1.807, 2.05) is 35.5 Å². The highest BCUT2D eigenvalue weighted by molar-refractivity contribution is 7.12. The first-order chi connectivity index (χ1) is 12.1. The van der Waals surface area contributed by atoms with E-state index in [0.29, 0.717) is 19.6 Å². The van der Waals surface area contributed by atoms with Crippen molar-refractivity contribution in [3.63, 3.8) is 0 Å². The number of nitrogens with zero attached hydrogens (tertiary/aromatic N) is 2. The summed E-state index contributed by atoms with van der Waals surface area (Å²) < 4.78 is 13.3. The van der Waals surface area contributed by atoms with Crippen molar-refractivity contribution >= 4 is 23.2 Å². The van der Waals surface area contributed by atoms with Crippen LogP contribution < -0.4 is 10.6 Å². The fourth-order valence-corrected chi connectivity index (χ4v) is 2.99. The van der Waals surface area contributed by atoms with Crippen LogP contribution in [0.15, 0.2) is 46.8 Å². The second-order valence-corrected chi connectivity index (χ2v) is 6.49. The van der Waals surface area contributed by atoms with Gasteiger partial charge in [0.1, 0.15) is 5.82 Å². The Labute approximate surface area is 151 Å². The number of hydrogen-bond donors (Lipinski definition) is 2. The maximum absolute atomic E-state index is 13.3. The molecule has 0 radical (unpaired) electrons. The van der Waals surface area contributed by atoms with E-state index in [2.05, 4.69) is 15.6 Å². The van der Waals surface area contributed by atoms with Gasteiger partial charge in [-0.3, -0.25) is 9.79 Å². The quantitative estimate of drug-likeness (QED) is 0.452. The van der Waals surface area contributed by atoms with Crippen LogP contribution in [0.4, 0.5) is 4.39 Å². The first-order valence-corrected chi connectivity index (χ1v) is 8.96. The van der Waals surface area contributed by atoms with Crippen LogP contribution >= 0.6 is 11.3 Å². The van der Waals surface area contributed by atoms with Crippen molar-refractivity contribution in [1.29, 1.82) is 0 Å². The third-order valence-corrected chi connectivity index (χ3v) is 4.42. The minimum atomic E-state index is -0.240. The molecular formula is C18H23FN4OS. The van der Waals surface area contributed by atoms with E-state index in [1.165, 1.54) is 23.5 Å². The highest BCUT2D eigenvalue weighted by atomic mass is 32.1. The Morgan fingerprint density at radius 3 is 2.72 bits per heavy atom. The molecular weight excluding hydrogens is 339 g/mol. The molecule has 2 aromatic rings. The van der Waals surface area contributed by atoms with Gasteiger partial charge in [-0.2, -0.15) is 0 Å². The van der Waals surface area contributed by atoms with E-state index in [4.69, 9.17) is 0 Å². The van der Waals surface area contributed by atoms with Crippen molar-refractivity contribution < 1.29 is 9.18 Å². The van der Waals surface area contributed by atoms with Crippen molar-refractivity contribution in [2.75, 3.05) is 27.2 Å². The molecule has 0 aliphatic heterocycles.